The van der Waals surface area contributed by atoms with Gasteiger partial charge in [-0.1, -0.05) is 149 Å². The first-order chi connectivity index (χ1) is 63.0. The van der Waals surface area contributed by atoms with Crippen LogP contribution < -0.4 is 9.44 Å². The second-order valence-corrected chi connectivity index (χ2v) is 43.6. The molecule has 35 nitrogen and oxygen atoms in total. The van der Waals surface area contributed by atoms with Crippen LogP contribution in [0.25, 0.3) is 31.3 Å². The fraction of sp³-hybridized carbons (Fsp3) is 0.518. The first kappa shape index (κ1) is 112. The van der Waals surface area contributed by atoms with Gasteiger partial charge in [-0.25, -0.2) is 65.8 Å². The van der Waals surface area contributed by atoms with Crippen molar-refractivity contribution in [3.8, 4) is 0 Å². The molecule has 6 aromatic rings. The minimum absolute atomic E-state index is 0.0470. The molecule has 0 spiro atoms. The molecular formula is C85H108F6N12O23S7. The van der Waals surface area contributed by atoms with Gasteiger partial charge in [-0.2, -0.15) is 0 Å². The van der Waals surface area contributed by atoms with E-state index in [2.05, 4.69) is 39.5 Å². The zero-order valence-electron chi connectivity index (χ0n) is 73.0. The number of aliphatic hydroxyl groups is 7. The van der Waals surface area contributed by atoms with Crippen LogP contribution in [0, 0.1) is 10.1 Å². The molecule has 4 fully saturated rings. The standard InChI is InChI=1S/2C17H24FNO4S2.C14H14FN7O5.C13H17FO3S.C12H14FN3O3S.C12H15FO4S/c2*1-17(2,3)24(20)19-15(14-11-7-8-12-23-14)16(18)25(21,22)13-9-5-4-6-10-13;1-7-12(19-21-17)11(15)13(10(26-7)6-18-20-16)27-14(23)8-2-4-9(5-3-8)22(24)25;1-2-9-11(15)10(14)12(16)13(17-9)18-8-6-4-3-5-7-8;13-9-10(17)8(6-15-16-14)19-12(11(9)18)20-7-4-2-1-3-5-7;13-9-10(15)8(6-14)17-12(11(9)16)18-7-4-2-1-3-5-7/h2*4-6,8-10,12,14-16,19H,7,11H2,1-3H3;2-5,7,10-13H,6H2,1H3;3-7,9-13,15-16H,2H2,1H3;1-5,8-12,17-18H,6H2;1-5,8-12,14-16H,6H2. The highest BCUT2D eigenvalue weighted by atomic mass is 32.2. The fourth-order valence-electron chi connectivity index (χ4n) is 12.9. The average molecular weight is 2000 g/mol. The molecule has 0 aromatic heterocycles. The Bertz CT molecular complexity index is 4900. The third-order valence-corrected chi connectivity index (χ3v) is 30.7. The van der Waals surface area contributed by atoms with Crippen LogP contribution in [0.5, 0.6) is 0 Å². The Morgan fingerprint density at radius 1 is 0.541 bits per heavy atom. The number of non-ortho nitro benzene ring substituents is 1. The van der Waals surface area contributed by atoms with Crippen molar-refractivity contribution in [2.75, 3.05) is 19.7 Å². The van der Waals surface area contributed by atoms with Gasteiger partial charge >= 0.3 is 5.97 Å². The molecule has 12 rings (SSSR count). The van der Waals surface area contributed by atoms with Gasteiger partial charge < -0.3 is 68.9 Å². The van der Waals surface area contributed by atoms with Gasteiger partial charge in [0.25, 0.3) is 5.69 Å². The number of rotatable bonds is 28. The number of carbonyl (C=O) groups excluding carboxylic acids is 1. The Kier molecular flexibility index (Phi) is 45.2. The number of esters is 1. The van der Waals surface area contributed by atoms with E-state index in [4.69, 9.17) is 54.9 Å². The molecular weight excluding hydrogens is 1900 g/mol. The van der Waals surface area contributed by atoms with Crippen LogP contribution in [-0.4, -0.2) is 257 Å². The van der Waals surface area contributed by atoms with Crippen molar-refractivity contribution in [1.82, 2.24) is 9.44 Å². The second kappa shape index (κ2) is 53.9. The SMILES string of the molecule is CC(C)(C)S(=O)NC(C1CCC=CO1)C(F)S(=O)(=O)c1ccccc1.CC(C)(C)S(=O)NC(C1CCC=CO1)C(F)S(=O)(=O)c1ccccc1.CC1OC(CN=[N+]=[N-])C(OC(=O)c2ccc([N+](=O)[O-])cc2)C(F)C1N=[N+]=[N-].CCC1OC(Sc2ccccc2)C(O)C(F)C1O.OCC1OC(Sc2ccccc2)C(O)C(F)C1O.[N-]=[N+]=NCC1OC(Sc2ccccc2)C(O)C(F)C1O. The van der Waals surface area contributed by atoms with E-state index in [1.165, 1.54) is 79.7 Å². The molecule has 28 unspecified atom stereocenters. The Morgan fingerprint density at radius 2 is 0.895 bits per heavy atom. The number of hydrogen-bond acceptors (Lipinski definition) is 29. The molecule has 28 atom stereocenters. The summed E-state index contributed by atoms with van der Waals surface area (Å²) in [6, 6.07) is 43.2. The van der Waals surface area contributed by atoms with Gasteiger partial charge in [0, 0.05) is 41.6 Å². The summed E-state index contributed by atoms with van der Waals surface area (Å²) in [4.78, 5) is 32.3. The number of allylic oxidation sites excluding steroid dienone is 2. The molecule has 48 heteroatoms. The van der Waals surface area contributed by atoms with Gasteiger partial charge in [-0.15, -0.1) is 0 Å². The quantitative estimate of drug-likeness (QED) is 0.00419. The van der Waals surface area contributed by atoms with Crippen molar-refractivity contribution in [1.29, 1.82) is 0 Å². The number of hydrogen-bond donors (Lipinski definition) is 9. The highest BCUT2D eigenvalue weighted by Crippen LogP contribution is 2.40. The summed E-state index contributed by atoms with van der Waals surface area (Å²) in [6.07, 6.45) is -13.9. The zero-order valence-corrected chi connectivity index (χ0v) is 78.7. The predicted octanol–water partition coefficient (Wildman–Crippen LogP) is 13.4. The highest BCUT2D eigenvalue weighted by Gasteiger charge is 2.51. The van der Waals surface area contributed by atoms with Crippen molar-refractivity contribution in [2.24, 2.45) is 15.3 Å². The van der Waals surface area contributed by atoms with Crippen molar-refractivity contribution in [3.63, 3.8) is 0 Å². The van der Waals surface area contributed by atoms with Gasteiger partial charge in [0.15, 0.2) is 30.8 Å². The molecule has 6 aliphatic heterocycles. The summed E-state index contributed by atoms with van der Waals surface area (Å²) in [6.45, 7) is 12.7. The smallest absolute Gasteiger partial charge is 0.338 e. The highest BCUT2D eigenvalue weighted by molar-refractivity contribution is 8.00. The fourth-order valence-corrected chi connectivity index (χ4v) is 20.9. The number of carbonyl (C=O) groups is 1. The van der Waals surface area contributed by atoms with E-state index in [-0.39, 0.29) is 34.1 Å². The monoisotopic (exact) mass is 2000 g/mol. The Balaban J connectivity index is 0.000000219. The number of nitrogens with zero attached hydrogens (tertiary/aromatic N) is 10. The zero-order chi connectivity index (χ0) is 98.1. The van der Waals surface area contributed by atoms with E-state index in [9.17, 15) is 88.4 Å². The molecule has 6 aliphatic rings. The number of ether oxygens (including phenoxy) is 7. The van der Waals surface area contributed by atoms with Crippen molar-refractivity contribution in [2.45, 2.75) is 277 Å². The number of benzene rings is 6. The third kappa shape index (κ3) is 32.6. The van der Waals surface area contributed by atoms with Crippen molar-refractivity contribution in [3.05, 3.63) is 248 Å². The number of sulfone groups is 2. The van der Waals surface area contributed by atoms with E-state index < -0.39 is 224 Å². The van der Waals surface area contributed by atoms with Gasteiger partial charge in [-0.3, -0.25) is 10.1 Å². The van der Waals surface area contributed by atoms with Crippen molar-refractivity contribution >= 4 is 88.6 Å². The molecule has 6 aromatic carbocycles. The molecule has 0 saturated carbocycles. The normalized spacial score (nSPS) is 28.7. The molecule has 0 bridgehead atoms. The largest absolute Gasteiger partial charge is 0.497 e. The average Bonchev–Trinajstić information content (AvgIpc) is 0.751. The van der Waals surface area contributed by atoms with Crippen LogP contribution in [0.15, 0.2) is 240 Å². The maximum absolute atomic E-state index is 15.2. The van der Waals surface area contributed by atoms with E-state index in [0.29, 0.717) is 32.1 Å². The lowest BCUT2D eigenvalue weighted by atomic mass is 9.95. The molecule has 6 heterocycles. The Hall–Kier alpha value is -8.49. The molecule has 4 saturated heterocycles. The van der Waals surface area contributed by atoms with Crippen LogP contribution in [-0.2, 0) is 74.8 Å². The molecule has 9 N–H and O–H groups in total. The number of alkyl halides is 6. The Labute approximate surface area is 783 Å². The van der Waals surface area contributed by atoms with Gasteiger partial charge in [0.2, 0.25) is 30.7 Å². The maximum Gasteiger partial charge on any atom is 0.338 e. The predicted molar refractivity (Wildman–Crippen MR) is 487 cm³/mol. The molecule has 0 amide bonds. The number of nitro benzene ring substituents is 1. The molecule has 133 heavy (non-hydrogen) atoms. The van der Waals surface area contributed by atoms with E-state index in [0.717, 1.165) is 62.5 Å². The summed E-state index contributed by atoms with van der Waals surface area (Å²) in [5.41, 5.74) is 18.1. The maximum atomic E-state index is 15.2. The third-order valence-electron chi connectivity index (χ3n) is 20.3. The number of azide groups is 3. The van der Waals surface area contributed by atoms with Crippen LogP contribution in [0.2, 0.25) is 0 Å². The van der Waals surface area contributed by atoms with Crippen LogP contribution in [0.1, 0.15) is 97.9 Å². The lowest BCUT2D eigenvalue weighted by Gasteiger charge is -2.40. The minimum Gasteiger partial charge on any atom is -0.497 e. The summed E-state index contributed by atoms with van der Waals surface area (Å²) >= 11 is 3.59. The number of halogens is 6. The summed E-state index contributed by atoms with van der Waals surface area (Å²) in [5, 5.41) is 87.7. The number of aliphatic hydroxyl groups excluding tert-OH is 7. The van der Waals surface area contributed by atoms with E-state index in [1.807, 2.05) is 97.9 Å². The Morgan fingerprint density at radius 3 is 1.23 bits per heavy atom. The van der Waals surface area contributed by atoms with Crippen LogP contribution >= 0.6 is 35.3 Å². The van der Waals surface area contributed by atoms with Crippen LogP contribution in [0.3, 0.4) is 0 Å². The first-order valence-electron chi connectivity index (χ1n) is 41.4. The summed E-state index contributed by atoms with van der Waals surface area (Å²) in [7, 11) is -11.8. The molecule has 0 radical (unpaired) electrons. The van der Waals surface area contributed by atoms with Crippen LogP contribution in [0.4, 0.5) is 32.0 Å². The molecule has 0 aliphatic carbocycles. The van der Waals surface area contributed by atoms with E-state index in [1.54, 1.807) is 65.8 Å². The lowest BCUT2D eigenvalue weighted by molar-refractivity contribution is -0.384. The van der Waals surface area contributed by atoms with Gasteiger partial charge in [-0.05, 0) is 182 Å². The second-order valence-electron chi connectivity index (χ2n) is 32.0. The summed E-state index contributed by atoms with van der Waals surface area (Å²) in [5.74, 6) is -0.957. The van der Waals surface area contributed by atoms with E-state index >= 15 is 8.78 Å². The van der Waals surface area contributed by atoms with Crippen molar-refractivity contribution < 1.29 is 130 Å². The topological polar surface area (TPSA) is 539 Å². The number of nitro groups is 1. The summed E-state index contributed by atoms with van der Waals surface area (Å²) < 4.78 is 204. The molecule has 730 valence electrons. The van der Waals surface area contributed by atoms with Gasteiger partial charge in [0.1, 0.15) is 89.4 Å². The number of thioether (sulfide) groups is 3. The minimum atomic E-state index is -4.25. The van der Waals surface area contributed by atoms with Gasteiger partial charge in [0.05, 0.1) is 108 Å². The number of nitrogens with one attached hydrogen (secondary N) is 2. The lowest BCUT2D eigenvalue weighted by Crippen LogP contribution is -2.56. The first-order valence-corrected chi connectivity index (χ1v) is 49.5.